The minimum absolute atomic E-state index is 0. The number of hydrogen-bond acceptors (Lipinski definition) is 13. The Morgan fingerprint density at radius 1 is 1.32 bits per heavy atom. The molecule has 2 aliphatic heterocycles. The lowest BCUT2D eigenvalue weighted by atomic mass is 9.84. The summed E-state index contributed by atoms with van der Waals surface area (Å²) < 4.78 is 40.8. The fraction of sp³-hybridized carbons (Fsp3) is 0.409. The van der Waals surface area contributed by atoms with E-state index >= 15 is 0 Å². The number of amides is 2. The zero-order valence-electron chi connectivity index (χ0n) is 20.8. The van der Waals surface area contributed by atoms with Crippen molar-refractivity contribution in [2.45, 2.75) is 32.9 Å². The van der Waals surface area contributed by atoms with Crippen LogP contribution in [0.3, 0.4) is 0 Å². The van der Waals surface area contributed by atoms with E-state index in [1.807, 2.05) is 12.1 Å². The van der Waals surface area contributed by atoms with Crippen LogP contribution in [0, 0.1) is 0 Å². The summed E-state index contributed by atoms with van der Waals surface area (Å²) in [7, 11) is -4.93. The molecule has 5 N–H and O–H groups in total. The molecule has 1 atom stereocenters. The number of nitrogen functional groups attached to an aromatic ring is 1. The zero-order chi connectivity index (χ0) is 27.5. The maximum atomic E-state index is 13.0. The lowest BCUT2D eigenvalue weighted by Gasteiger charge is -2.50. The molecule has 2 amide bonds. The number of β-lactam (4-membered cyclic amide) rings is 1. The quantitative estimate of drug-likeness (QED) is 0.0895. The number of carbonyl (C=O) groups is 2. The molecule has 40 heavy (non-hydrogen) atoms. The number of benzene rings is 1. The Balaban J connectivity index is 0.00000280. The van der Waals surface area contributed by atoms with Gasteiger partial charge >= 0.3 is 10.4 Å². The third-order valence-electron chi connectivity index (χ3n) is 5.50. The molecule has 1 aromatic carbocycles. The first kappa shape index (κ1) is 32.8. The minimum atomic E-state index is -4.93. The number of hydroxylamine groups is 2. The van der Waals surface area contributed by atoms with Gasteiger partial charge in [-0.15, -0.1) is 15.6 Å². The summed E-state index contributed by atoms with van der Waals surface area (Å²) in [5.74, 6) is -0.275. The van der Waals surface area contributed by atoms with E-state index < -0.39 is 33.8 Å². The van der Waals surface area contributed by atoms with Crippen molar-refractivity contribution in [2.75, 3.05) is 32.0 Å². The predicted octanol–water partition coefficient (Wildman–Crippen LogP) is 0.464. The molecule has 0 saturated carbocycles. The smallest absolute Gasteiger partial charge is 0.418 e. The molecular formula is C22H31N7O8S3. The predicted molar refractivity (Wildman–Crippen MR) is 153 cm³/mol. The molecule has 3 heterocycles. The molecule has 15 nitrogen and oxygen atoms in total. The first-order chi connectivity index (χ1) is 18.0. The number of thiazole rings is 1. The molecule has 18 heteroatoms. The molecule has 1 saturated heterocycles. The monoisotopic (exact) mass is 617 g/mol. The van der Waals surface area contributed by atoms with Crippen LogP contribution in [-0.2, 0) is 29.1 Å². The Kier molecular flexibility index (Phi) is 10.9. The van der Waals surface area contributed by atoms with E-state index in [0.29, 0.717) is 10.8 Å². The van der Waals surface area contributed by atoms with Gasteiger partial charge in [0.25, 0.3) is 11.8 Å². The molecule has 0 radical (unpaired) electrons. The van der Waals surface area contributed by atoms with E-state index in [1.165, 1.54) is 19.2 Å². The highest BCUT2D eigenvalue weighted by molar-refractivity contribution is 7.80. The Morgan fingerprint density at radius 2 is 2.02 bits per heavy atom. The Hall–Kier alpha value is -3.45. The van der Waals surface area contributed by atoms with Gasteiger partial charge in [-0.1, -0.05) is 12.6 Å². The molecular weight excluding hydrogens is 586 g/mol. The highest BCUT2D eigenvalue weighted by Crippen LogP contribution is 2.33. The van der Waals surface area contributed by atoms with Crippen molar-refractivity contribution in [3.63, 3.8) is 0 Å². The molecule has 0 aliphatic carbocycles. The fourth-order valence-electron chi connectivity index (χ4n) is 3.63. The van der Waals surface area contributed by atoms with Crippen LogP contribution >= 0.6 is 24.8 Å². The van der Waals surface area contributed by atoms with Crippen LogP contribution in [0.4, 0.5) is 5.13 Å². The number of amidine groups is 1. The summed E-state index contributed by atoms with van der Waals surface area (Å²) in [5.41, 5.74) is 5.18. The SMILES string of the molecule is C.CC1(C)C(NC(=O)/C(=N\OCCOc2ccc(C3=NCCN3)cc2)c2csc(N)n2)C(=O)N1OS(=O)(=O)O.S. The second kappa shape index (κ2) is 13.3. The summed E-state index contributed by atoms with van der Waals surface area (Å²) in [6, 6.07) is 6.17. The number of hydrogen-bond donors (Lipinski definition) is 4. The number of nitrogens with two attached hydrogens (primary N) is 1. The van der Waals surface area contributed by atoms with Gasteiger partial charge in [-0.25, -0.2) is 4.98 Å². The summed E-state index contributed by atoms with van der Waals surface area (Å²) in [6.45, 7) is 4.52. The maximum absolute atomic E-state index is 13.0. The van der Waals surface area contributed by atoms with Gasteiger partial charge in [0.2, 0.25) is 0 Å². The van der Waals surface area contributed by atoms with Gasteiger partial charge in [-0.05, 0) is 38.1 Å². The third-order valence-corrected chi connectivity index (χ3v) is 6.51. The van der Waals surface area contributed by atoms with Gasteiger partial charge in [-0.2, -0.15) is 27.0 Å². The van der Waals surface area contributed by atoms with Crippen molar-refractivity contribution < 1.29 is 36.4 Å². The fourth-order valence-corrected chi connectivity index (χ4v) is 4.63. The van der Waals surface area contributed by atoms with E-state index in [4.69, 9.17) is 19.9 Å². The van der Waals surface area contributed by atoms with E-state index in [9.17, 15) is 18.0 Å². The minimum Gasteiger partial charge on any atom is -0.490 e. The van der Waals surface area contributed by atoms with Gasteiger partial charge in [-0.3, -0.25) is 19.1 Å². The number of nitrogens with zero attached hydrogens (tertiary/aromatic N) is 4. The van der Waals surface area contributed by atoms with Crippen LogP contribution in [0.2, 0.25) is 0 Å². The average molecular weight is 618 g/mol. The van der Waals surface area contributed by atoms with E-state index in [-0.39, 0.29) is 50.7 Å². The highest BCUT2D eigenvalue weighted by atomic mass is 32.3. The number of ether oxygens (including phenoxy) is 1. The first-order valence-electron chi connectivity index (χ1n) is 11.2. The molecule has 0 spiro atoms. The van der Waals surface area contributed by atoms with Crippen molar-refractivity contribution in [1.29, 1.82) is 0 Å². The molecule has 220 valence electrons. The van der Waals surface area contributed by atoms with Gasteiger partial charge in [0.05, 0.1) is 12.1 Å². The van der Waals surface area contributed by atoms with Crippen LogP contribution in [0.5, 0.6) is 5.75 Å². The highest BCUT2D eigenvalue weighted by Gasteiger charge is 2.58. The van der Waals surface area contributed by atoms with Crippen LogP contribution in [0.1, 0.15) is 32.5 Å². The number of oxime groups is 1. The number of aromatic nitrogens is 1. The normalized spacial score (nSPS) is 17.9. The Labute approximate surface area is 242 Å². The van der Waals surface area contributed by atoms with Crippen molar-refractivity contribution in [3.05, 3.63) is 40.9 Å². The lowest BCUT2D eigenvalue weighted by molar-refractivity contribution is -0.218. The van der Waals surface area contributed by atoms with Crippen LogP contribution in [0.25, 0.3) is 0 Å². The average Bonchev–Trinajstić information content (AvgIpc) is 3.55. The standard InChI is InChI=1S/C21H25N7O8S2.CH4.H2S/c1-21(2)16(19(30)28(21)36-38(31,32)33)26-18(29)15(14-11-37-20(22)25-14)27-35-10-9-34-13-5-3-12(4-6-13)17-23-7-8-24-17;;/h3-6,11,16H,7-10H2,1-2H3,(H2,22,25)(H,23,24)(H,26,29)(H,31,32,33);1H4;1H2/b27-15-;;. The first-order valence-corrected chi connectivity index (χ1v) is 13.4. The zero-order valence-corrected chi connectivity index (χ0v) is 23.4. The Bertz CT molecular complexity index is 1380. The number of rotatable bonds is 11. The third kappa shape index (κ3) is 7.60. The van der Waals surface area contributed by atoms with Crippen molar-refractivity contribution >= 4 is 63.7 Å². The Morgan fingerprint density at radius 3 is 2.58 bits per heavy atom. The van der Waals surface area contributed by atoms with Gasteiger partial charge in [0, 0.05) is 17.5 Å². The number of carbonyl (C=O) groups excluding carboxylic acids is 2. The molecule has 1 fully saturated rings. The molecule has 2 aliphatic rings. The molecule has 1 unspecified atom stereocenters. The van der Waals surface area contributed by atoms with Crippen molar-refractivity contribution in [1.82, 2.24) is 20.7 Å². The molecule has 0 bridgehead atoms. The number of anilines is 1. The molecule has 4 rings (SSSR count). The maximum Gasteiger partial charge on any atom is 0.418 e. The second-order valence-electron chi connectivity index (χ2n) is 8.57. The van der Waals surface area contributed by atoms with E-state index in [1.54, 1.807) is 12.1 Å². The molecule has 1 aromatic heterocycles. The molecule has 2 aromatic rings. The van der Waals surface area contributed by atoms with Crippen LogP contribution in [0.15, 0.2) is 39.8 Å². The van der Waals surface area contributed by atoms with Crippen molar-refractivity contribution in [2.24, 2.45) is 10.1 Å². The van der Waals surface area contributed by atoms with Gasteiger partial charge in [0.1, 0.15) is 29.9 Å². The number of nitrogens with one attached hydrogen (secondary N) is 2. The summed E-state index contributed by atoms with van der Waals surface area (Å²) in [6.07, 6.45) is 0. The number of aliphatic imine (C=N–C) groups is 1. The van der Waals surface area contributed by atoms with Crippen molar-refractivity contribution in [3.8, 4) is 5.75 Å². The second-order valence-corrected chi connectivity index (χ2v) is 10.5. The summed E-state index contributed by atoms with van der Waals surface area (Å²) >= 11 is 1.07. The van der Waals surface area contributed by atoms with Gasteiger partial charge < -0.3 is 25.9 Å². The van der Waals surface area contributed by atoms with E-state index in [2.05, 4.69) is 30.0 Å². The summed E-state index contributed by atoms with van der Waals surface area (Å²) in [4.78, 5) is 39.0. The van der Waals surface area contributed by atoms with E-state index in [0.717, 1.165) is 35.8 Å². The summed E-state index contributed by atoms with van der Waals surface area (Å²) in [5, 5.41) is 11.6. The van der Waals surface area contributed by atoms with Gasteiger partial charge in [0.15, 0.2) is 17.5 Å². The largest absolute Gasteiger partial charge is 0.490 e. The van der Waals surface area contributed by atoms with Crippen LogP contribution in [-0.4, -0.2) is 84.3 Å². The van der Waals surface area contributed by atoms with Crippen LogP contribution < -0.4 is 21.1 Å². The topological polar surface area (TPSA) is 207 Å². The lowest BCUT2D eigenvalue weighted by Crippen LogP contribution is -2.76.